The average Bonchev–Trinajstić information content (AvgIpc) is 2.93. The van der Waals surface area contributed by atoms with Gasteiger partial charge in [0.2, 0.25) is 0 Å². The van der Waals surface area contributed by atoms with Crippen LogP contribution in [0.3, 0.4) is 0 Å². The zero-order valence-corrected chi connectivity index (χ0v) is 11.8. The molecule has 4 heteroatoms. The van der Waals surface area contributed by atoms with E-state index in [9.17, 15) is 0 Å². The van der Waals surface area contributed by atoms with Crippen LogP contribution in [-0.4, -0.2) is 19.3 Å². The minimum absolute atomic E-state index is 0.0321. The van der Waals surface area contributed by atoms with Gasteiger partial charge in [-0.05, 0) is 30.5 Å². The number of thiophene rings is 1. The Morgan fingerprint density at radius 2 is 1.89 bits per heavy atom. The summed E-state index contributed by atoms with van der Waals surface area (Å²) in [4.78, 5) is 1.16. The Kier molecular flexibility index (Phi) is 5.39. The lowest BCUT2D eigenvalue weighted by Crippen LogP contribution is -2.27. The largest absolute Gasteiger partial charge is 0.491 e. The fourth-order valence-corrected chi connectivity index (χ4v) is 2.69. The minimum atomic E-state index is -0.0561. The van der Waals surface area contributed by atoms with Crippen LogP contribution < -0.4 is 10.5 Å². The van der Waals surface area contributed by atoms with Gasteiger partial charge in [0.05, 0.1) is 6.61 Å². The van der Waals surface area contributed by atoms with Crippen LogP contribution in [-0.2, 0) is 4.74 Å². The topological polar surface area (TPSA) is 44.5 Å². The van der Waals surface area contributed by atoms with Gasteiger partial charge in [0, 0.05) is 10.9 Å². The maximum atomic E-state index is 5.96. The van der Waals surface area contributed by atoms with Crippen molar-refractivity contribution in [3.05, 3.63) is 52.7 Å². The number of nitrogens with two attached hydrogens (primary N) is 1. The minimum Gasteiger partial charge on any atom is -0.491 e. The lowest BCUT2D eigenvalue weighted by atomic mass is 10.1. The second kappa shape index (κ2) is 7.28. The van der Waals surface area contributed by atoms with E-state index in [1.54, 1.807) is 11.3 Å². The van der Waals surface area contributed by atoms with Crippen molar-refractivity contribution in [1.82, 2.24) is 0 Å². The summed E-state index contributed by atoms with van der Waals surface area (Å²) in [5, 5.41) is 2.04. The predicted octanol–water partition coefficient (Wildman–Crippen LogP) is 3.23. The standard InChI is InChI=1S/C15H19NO2S/c1-12(16)15(14-8-5-11-19-14)18-10-9-17-13-6-3-2-4-7-13/h2-8,11-12,15H,9-10,16H2,1H3. The smallest absolute Gasteiger partial charge is 0.119 e. The molecule has 0 spiro atoms. The van der Waals surface area contributed by atoms with Crippen LogP contribution in [0.25, 0.3) is 0 Å². The SMILES string of the molecule is CC(N)C(OCCOc1ccccc1)c1cccs1. The molecule has 19 heavy (non-hydrogen) atoms. The summed E-state index contributed by atoms with van der Waals surface area (Å²) < 4.78 is 11.4. The Morgan fingerprint density at radius 1 is 1.11 bits per heavy atom. The van der Waals surface area contributed by atoms with E-state index in [2.05, 4.69) is 6.07 Å². The molecular formula is C15H19NO2S. The molecule has 0 saturated heterocycles. The van der Waals surface area contributed by atoms with Crippen LogP contribution in [0.2, 0.25) is 0 Å². The third-order valence-electron chi connectivity index (χ3n) is 2.69. The van der Waals surface area contributed by atoms with E-state index in [0.29, 0.717) is 13.2 Å². The van der Waals surface area contributed by atoms with Crippen molar-refractivity contribution < 1.29 is 9.47 Å². The molecule has 0 amide bonds. The first-order chi connectivity index (χ1) is 9.27. The van der Waals surface area contributed by atoms with E-state index in [0.717, 1.165) is 10.6 Å². The molecule has 1 heterocycles. The second-order valence-corrected chi connectivity index (χ2v) is 5.31. The van der Waals surface area contributed by atoms with Crippen molar-refractivity contribution in [3.8, 4) is 5.75 Å². The van der Waals surface area contributed by atoms with Gasteiger partial charge in [-0.25, -0.2) is 0 Å². The number of rotatable bonds is 7. The van der Waals surface area contributed by atoms with Gasteiger partial charge < -0.3 is 15.2 Å². The molecule has 3 nitrogen and oxygen atoms in total. The third kappa shape index (κ3) is 4.35. The zero-order chi connectivity index (χ0) is 13.5. The van der Waals surface area contributed by atoms with Gasteiger partial charge in [-0.3, -0.25) is 0 Å². The Bertz CT molecular complexity index is 456. The molecule has 0 aliphatic heterocycles. The Labute approximate surface area is 118 Å². The fourth-order valence-electron chi connectivity index (χ4n) is 1.80. The van der Waals surface area contributed by atoms with E-state index < -0.39 is 0 Å². The monoisotopic (exact) mass is 277 g/mol. The normalized spacial score (nSPS) is 14.0. The molecule has 2 rings (SSSR count). The van der Waals surface area contributed by atoms with Gasteiger partial charge in [0.1, 0.15) is 18.5 Å². The first kappa shape index (κ1) is 14.1. The van der Waals surface area contributed by atoms with Gasteiger partial charge >= 0.3 is 0 Å². The van der Waals surface area contributed by atoms with Crippen LogP contribution in [0, 0.1) is 0 Å². The maximum Gasteiger partial charge on any atom is 0.119 e. The molecule has 0 bridgehead atoms. The first-order valence-corrected chi connectivity index (χ1v) is 7.24. The van der Waals surface area contributed by atoms with Gasteiger partial charge in [0.15, 0.2) is 0 Å². The molecule has 2 atom stereocenters. The molecule has 1 aromatic heterocycles. The maximum absolute atomic E-state index is 5.96. The molecule has 0 aliphatic rings. The summed E-state index contributed by atoms with van der Waals surface area (Å²) in [6.45, 7) is 3.01. The van der Waals surface area contributed by atoms with Crippen LogP contribution in [0.4, 0.5) is 0 Å². The summed E-state index contributed by atoms with van der Waals surface area (Å²) in [5.74, 6) is 0.861. The highest BCUT2D eigenvalue weighted by molar-refractivity contribution is 7.10. The summed E-state index contributed by atoms with van der Waals surface area (Å²) in [6, 6.07) is 13.8. The van der Waals surface area contributed by atoms with E-state index in [1.165, 1.54) is 0 Å². The van der Waals surface area contributed by atoms with Crippen molar-refractivity contribution in [3.63, 3.8) is 0 Å². The Morgan fingerprint density at radius 3 is 2.53 bits per heavy atom. The highest BCUT2D eigenvalue weighted by Gasteiger charge is 2.17. The molecule has 2 aromatic rings. The predicted molar refractivity (Wildman–Crippen MR) is 78.6 cm³/mol. The molecule has 2 N–H and O–H groups in total. The van der Waals surface area contributed by atoms with Crippen LogP contribution in [0.5, 0.6) is 5.75 Å². The second-order valence-electron chi connectivity index (χ2n) is 4.33. The number of benzene rings is 1. The number of hydrogen-bond donors (Lipinski definition) is 1. The quantitative estimate of drug-likeness (QED) is 0.790. The lowest BCUT2D eigenvalue weighted by Gasteiger charge is -2.20. The Hall–Kier alpha value is -1.36. The third-order valence-corrected chi connectivity index (χ3v) is 3.63. The van der Waals surface area contributed by atoms with E-state index in [-0.39, 0.29) is 12.1 Å². The molecule has 0 saturated carbocycles. The highest BCUT2D eigenvalue weighted by atomic mass is 32.1. The van der Waals surface area contributed by atoms with E-state index in [4.69, 9.17) is 15.2 Å². The zero-order valence-electron chi connectivity index (χ0n) is 11.0. The molecule has 0 fully saturated rings. The van der Waals surface area contributed by atoms with Gasteiger partial charge in [-0.15, -0.1) is 11.3 Å². The van der Waals surface area contributed by atoms with Gasteiger partial charge in [0.25, 0.3) is 0 Å². The summed E-state index contributed by atoms with van der Waals surface area (Å²) in [7, 11) is 0. The highest BCUT2D eigenvalue weighted by Crippen LogP contribution is 2.24. The molecule has 0 radical (unpaired) electrons. The van der Waals surface area contributed by atoms with Crippen LogP contribution in [0.15, 0.2) is 47.8 Å². The molecular weight excluding hydrogens is 258 g/mol. The van der Waals surface area contributed by atoms with Crippen molar-refractivity contribution in [2.75, 3.05) is 13.2 Å². The van der Waals surface area contributed by atoms with E-state index in [1.807, 2.05) is 48.7 Å². The number of para-hydroxylation sites is 1. The summed E-state index contributed by atoms with van der Waals surface area (Å²) in [5.41, 5.74) is 5.96. The number of ether oxygens (including phenoxy) is 2. The van der Waals surface area contributed by atoms with Gasteiger partial charge in [-0.2, -0.15) is 0 Å². The summed E-state index contributed by atoms with van der Waals surface area (Å²) >= 11 is 1.67. The van der Waals surface area contributed by atoms with Crippen molar-refractivity contribution in [2.24, 2.45) is 5.73 Å². The van der Waals surface area contributed by atoms with Crippen LogP contribution in [0.1, 0.15) is 17.9 Å². The van der Waals surface area contributed by atoms with E-state index >= 15 is 0 Å². The lowest BCUT2D eigenvalue weighted by molar-refractivity contribution is 0.0229. The molecule has 1 aromatic carbocycles. The average molecular weight is 277 g/mol. The van der Waals surface area contributed by atoms with Crippen molar-refractivity contribution in [1.29, 1.82) is 0 Å². The molecule has 0 aliphatic carbocycles. The fraction of sp³-hybridized carbons (Fsp3) is 0.333. The number of hydrogen-bond acceptors (Lipinski definition) is 4. The molecule has 102 valence electrons. The van der Waals surface area contributed by atoms with Crippen molar-refractivity contribution >= 4 is 11.3 Å². The van der Waals surface area contributed by atoms with Crippen LogP contribution >= 0.6 is 11.3 Å². The first-order valence-electron chi connectivity index (χ1n) is 6.36. The summed E-state index contributed by atoms with van der Waals surface area (Å²) in [6.07, 6.45) is -0.0561. The molecule has 2 unspecified atom stereocenters. The van der Waals surface area contributed by atoms with Crippen molar-refractivity contribution in [2.45, 2.75) is 19.1 Å². The van der Waals surface area contributed by atoms with Gasteiger partial charge in [-0.1, -0.05) is 24.3 Å². The Balaban J connectivity index is 1.77.